The lowest BCUT2D eigenvalue weighted by Gasteiger charge is -2.54. The molecule has 0 spiro atoms. The Balaban J connectivity index is 0.00000192. The molecule has 0 radical (unpaired) electrons. The van der Waals surface area contributed by atoms with Gasteiger partial charge in [-0.2, -0.15) is 0 Å². The summed E-state index contributed by atoms with van der Waals surface area (Å²) in [4.78, 5) is 8.69. The number of aliphatic imine (C=N–C) groups is 1. The standard InChI is InChI=1S/C17H26N4O.HI/c1-17(2)14(13-8-11-22-15(13)17)21-16(18-3)20-10-7-12-6-4-5-9-19-12;/h4-6,9,13-15H,7-8,10-11H2,1-3H3,(H2,18,20,21);1H. The van der Waals surface area contributed by atoms with Gasteiger partial charge in [0.15, 0.2) is 5.96 Å². The van der Waals surface area contributed by atoms with Crippen LogP contribution in [0.15, 0.2) is 29.4 Å². The van der Waals surface area contributed by atoms with Gasteiger partial charge in [0.1, 0.15) is 0 Å². The minimum Gasteiger partial charge on any atom is -0.377 e. The number of aromatic nitrogens is 1. The van der Waals surface area contributed by atoms with Gasteiger partial charge in [0.25, 0.3) is 0 Å². The third-order valence-electron chi connectivity index (χ3n) is 5.02. The fraction of sp³-hybridized carbons (Fsp3) is 0.647. The van der Waals surface area contributed by atoms with Gasteiger partial charge < -0.3 is 15.4 Å². The smallest absolute Gasteiger partial charge is 0.191 e. The van der Waals surface area contributed by atoms with Gasteiger partial charge in [-0.15, -0.1) is 24.0 Å². The lowest BCUT2D eigenvalue weighted by atomic mass is 9.57. The van der Waals surface area contributed by atoms with Gasteiger partial charge in [0.2, 0.25) is 0 Å². The van der Waals surface area contributed by atoms with Crippen molar-refractivity contribution in [2.75, 3.05) is 20.2 Å². The number of pyridine rings is 1. The average molecular weight is 430 g/mol. The first-order valence-corrected chi connectivity index (χ1v) is 8.11. The zero-order valence-electron chi connectivity index (χ0n) is 14.1. The van der Waals surface area contributed by atoms with Crippen LogP contribution in [0, 0.1) is 11.3 Å². The van der Waals surface area contributed by atoms with E-state index in [4.69, 9.17) is 4.74 Å². The molecule has 0 aromatic carbocycles. The number of halogens is 1. The Morgan fingerprint density at radius 2 is 2.26 bits per heavy atom. The Bertz CT molecular complexity index is 535. The summed E-state index contributed by atoms with van der Waals surface area (Å²) in [5.41, 5.74) is 1.26. The Kier molecular flexibility index (Phi) is 6.25. The number of guanidine groups is 1. The molecule has 1 aliphatic carbocycles. The summed E-state index contributed by atoms with van der Waals surface area (Å²) in [6, 6.07) is 6.44. The second kappa shape index (κ2) is 7.79. The predicted octanol–water partition coefficient (Wildman–Crippen LogP) is 2.22. The molecule has 2 N–H and O–H groups in total. The molecule has 3 atom stereocenters. The van der Waals surface area contributed by atoms with Gasteiger partial charge in [-0.3, -0.25) is 9.98 Å². The molecule has 3 unspecified atom stereocenters. The molecule has 2 aliphatic rings. The van der Waals surface area contributed by atoms with E-state index >= 15 is 0 Å². The first kappa shape index (κ1) is 18.4. The largest absolute Gasteiger partial charge is 0.377 e. The third-order valence-corrected chi connectivity index (χ3v) is 5.02. The highest BCUT2D eigenvalue weighted by atomic mass is 127. The maximum absolute atomic E-state index is 5.84. The first-order chi connectivity index (χ1) is 10.6. The van der Waals surface area contributed by atoms with Crippen molar-refractivity contribution in [2.24, 2.45) is 16.3 Å². The molecule has 1 saturated carbocycles. The molecular formula is C17H27IN4O. The summed E-state index contributed by atoms with van der Waals surface area (Å²) in [6.07, 6.45) is 4.28. The second-order valence-corrected chi connectivity index (χ2v) is 6.76. The molecule has 128 valence electrons. The van der Waals surface area contributed by atoms with Crippen molar-refractivity contribution in [1.82, 2.24) is 15.6 Å². The highest BCUT2D eigenvalue weighted by Crippen LogP contribution is 2.51. The summed E-state index contributed by atoms with van der Waals surface area (Å²) >= 11 is 0. The van der Waals surface area contributed by atoms with Crippen LogP contribution in [0.2, 0.25) is 0 Å². The summed E-state index contributed by atoms with van der Waals surface area (Å²) in [7, 11) is 1.82. The monoisotopic (exact) mass is 430 g/mol. The quantitative estimate of drug-likeness (QED) is 0.437. The summed E-state index contributed by atoms with van der Waals surface area (Å²) in [6.45, 7) is 6.27. The fourth-order valence-electron chi connectivity index (χ4n) is 3.81. The number of rotatable bonds is 4. The number of ether oxygens (including phenoxy) is 1. The van der Waals surface area contributed by atoms with E-state index in [-0.39, 0.29) is 29.4 Å². The van der Waals surface area contributed by atoms with Crippen LogP contribution >= 0.6 is 24.0 Å². The molecule has 1 aromatic rings. The maximum atomic E-state index is 5.84. The van der Waals surface area contributed by atoms with Crippen molar-refractivity contribution >= 4 is 29.9 Å². The van der Waals surface area contributed by atoms with Crippen LogP contribution in [0.1, 0.15) is 26.0 Å². The maximum Gasteiger partial charge on any atom is 0.191 e. The highest BCUT2D eigenvalue weighted by molar-refractivity contribution is 14.0. The van der Waals surface area contributed by atoms with Crippen molar-refractivity contribution in [1.29, 1.82) is 0 Å². The van der Waals surface area contributed by atoms with Gasteiger partial charge in [0, 0.05) is 55.9 Å². The molecule has 2 fully saturated rings. The minimum absolute atomic E-state index is 0. The number of nitrogens with zero attached hydrogens (tertiary/aromatic N) is 2. The van der Waals surface area contributed by atoms with Crippen LogP contribution in [0.4, 0.5) is 0 Å². The lowest BCUT2D eigenvalue weighted by molar-refractivity contribution is -0.106. The number of hydrogen-bond acceptors (Lipinski definition) is 3. The van der Waals surface area contributed by atoms with Crippen LogP contribution in [0.25, 0.3) is 0 Å². The molecule has 0 bridgehead atoms. The van der Waals surface area contributed by atoms with Crippen LogP contribution < -0.4 is 10.6 Å². The average Bonchev–Trinajstić information content (AvgIpc) is 2.98. The van der Waals surface area contributed by atoms with E-state index in [0.717, 1.165) is 37.6 Å². The predicted molar refractivity (Wildman–Crippen MR) is 103 cm³/mol. The third kappa shape index (κ3) is 3.79. The molecular weight excluding hydrogens is 403 g/mol. The topological polar surface area (TPSA) is 58.5 Å². The molecule has 6 heteroatoms. The lowest BCUT2D eigenvalue weighted by Crippen LogP contribution is -2.68. The Labute approximate surface area is 155 Å². The molecule has 5 nitrogen and oxygen atoms in total. The van der Waals surface area contributed by atoms with Gasteiger partial charge in [-0.05, 0) is 18.6 Å². The summed E-state index contributed by atoms with van der Waals surface area (Å²) in [5, 5.41) is 6.98. The first-order valence-electron chi connectivity index (χ1n) is 8.11. The fourth-order valence-corrected chi connectivity index (χ4v) is 3.81. The summed E-state index contributed by atoms with van der Waals surface area (Å²) < 4.78 is 5.84. The zero-order valence-corrected chi connectivity index (χ0v) is 16.4. The van der Waals surface area contributed by atoms with Crippen LogP contribution in [0.3, 0.4) is 0 Å². The Hall–Kier alpha value is -0.890. The van der Waals surface area contributed by atoms with Crippen molar-refractivity contribution < 1.29 is 4.74 Å². The van der Waals surface area contributed by atoms with Gasteiger partial charge in [-0.1, -0.05) is 19.9 Å². The van der Waals surface area contributed by atoms with E-state index in [1.807, 2.05) is 31.4 Å². The van der Waals surface area contributed by atoms with E-state index in [2.05, 4.69) is 34.5 Å². The van der Waals surface area contributed by atoms with Gasteiger partial charge in [-0.25, -0.2) is 0 Å². The van der Waals surface area contributed by atoms with Crippen molar-refractivity contribution in [3.8, 4) is 0 Å². The highest BCUT2D eigenvalue weighted by Gasteiger charge is 2.59. The molecule has 1 aliphatic heterocycles. The molecule has 2 heterocycles. The molecule has 3 rings (SSSR count). The van der Waals surface area contributed by atoms with Gasteiger partial charge >= 0.3 is 0 Å². The Morgan fingerprint density at radius 3 is 2.96 bits per heavy atom. The van der Waals surface area contributed by atoms with Crippen molar-refractivity contribution in [2.45, 2.75) is 38.8 Å². The number of fused-ring (bicyclic) bond motifs is 1. The molecule has 0 amide bonds. The minimum atomic E-state index is 0. The molecule has 1 aromatic heterocycles. The normalized spacial score (nSPS) is 28.3. The van der Waals surface area contributed by atoms with E-state index in [0.29, 0.717) is 18.1 Å². The SMILES string of the molecule is CN=C(NCCc1ccccn1)NC1C2CCOC2C1(C)C.I. The van der Waals surface area contributed by atoms with E-state index < -0.39 is 0 Å². The molecule has 23 heavy (non-hydrogen) atoms. The van der Waals surface area contributed by atoms with Crippen LogP contribution in [-0.4, -0.2) is 43.3 Å². The van der Waals surface area contributed by atoms with Crippen LogP contribution in [-0.2, 0) is 11.2 Å². The summed E-state index contributed by atoms with van der Waals surface area (Å²) in [5.74, 6) is 1.49. The Morgan fingerprint density at radius 1 is 1.43 bits per heavy atom. The van der Waals surface area contributed by atoms with Crippen molar-refractivity contribution in [3.63, 3.8) is 0 Å². The second-order valence-electron chi connectivity index (χ2n) is 6.76. The van der Waals surface area contributed by atoms with Crippen molar-refractivity contribution in [3.05, 3.63) is 30.1 Å². The molecule has 1 saturated heterocycles. The van der Waals surface area contributed by atoms with E-state index in [1.165, 1.54) is 0 Å². The van der Waals surface area contributed by atoms with E-state index in [9.17, 15) is 0 Å². The van der Waals surface area contributed by atoms with E-state index in [1.54, 1.807) is 0 Å². The van der Waals surface area contributed by atoms with Crippen LogP contribution in [0.5, 0.6) is 0 Å². The number of hydrogen-bond donors (Lipinski definition) is 2. The number of nitrogens with one attached hydrogen (secondary N) is 2. The zero-order chi connectivity index (χ0) is 15.6. The van der Waals surface area contributed by atoms with Gasteiger partial charge in [0.05, 0.1) is 6.10 Å².